The molecule has 1 saturated heterocycles. The molecule has 1 heterocycles. The lowest BCUT2D eigenvalue weighted by Gasteiger charge is -2.33. The van der Waals surface area contributed by atoms with Crippen molar-refractivity contribution in [3.05, 3.63) is 108 Å². The van der Waals surface area contributed by atoms with E-state index in [1.165, 1.54) is 54.6 Å². The quantitative estimate of drug-likeness (QED) is 0.340. The van der Waals surface area contributed by atoms with Crippen molar-refractivity contribution in [2.75, 3.05) is 39.8 Å². The maximum atomic E-state index is 5.38. The molecule has 0 saturated carbocycles. The van der Waals surface area contributed by atoms with E-state index in [-0.39, 0.29) is 0 Å². The summed E-state index contributed by atoms with van der Waals surface area (Å²) in [5, 5.41) is 0. The topological polar surface area (TPSA) is 15.7 Å². The van der Waals surface area contributed by atoms with Gasteiger partial charge in [0.25, 0.3) is 0 Å². The van der Waals surface area contributed by atoms with E-state index in [0.29, 0.717) is 6.04 Å². The zero-order valence-corrected chi connectivity index (χ0v) is 20.7. The van der Waals surface area contributed by atoms with Crippen LogP contribution in [0.2, 0.25) is 0 Å². The van der Waals surface area contributed by atoms with Crippen molar-refractivity contribution < 1.29 is 4.74 Å². The highest BCUT2D eigenvalue weighted by molar-refractivity contribution is 5.79. The predicted molar refractivity (Wildman–Crippen MR) is 143 cm³/mol. The largest absolute Gasteiger partial charge is 0.497 e. The minimum Gasteiger partial charge on any atom is -0.497 e. The van der Waals surface area contributed by atoms with E-state index in [4.69, 9.17) is 4.74 Å². The van der Waals surface area contributed by atoms with Crippen LogP contribution < -0.4 is 4.74 Å². The van der Waals surface area contributed by atoms with Crippen molar-refractivity contribution in [1.29, 1.82) is 0 Å². The van der Waals surface area contributed by atoms with Gasteiger partial charge in [0, 0.05) is 25.7 Å². The highest BCUT2D eigenvalue weighted by Gasteiger charge is 2.18. The SMILES string of the molecule is COc1ccc(C(C)N(CC=C(c2ccccc2)c2ccccc2)CCN2CCCCC2)cc1. The lowest BCUT2D eigenvalue weighted by Crippen LogP contribution is -2.39. The first kappa shape index (κ1) is 24.3. The minimum atomic E-state index is 0.319. The van der Waals surface area contributed by atoms with Crippen LogP contribution in [-0.2, 0) is 0 Å². The predicted octanol–water partition coefficient (Wildman–Crippen LogP) is 6.68. The van der Waals surface area contributed by atoms with Gasteiger partial charge in [-0.25, -0.2) is 0 Å². The second-order valence-corrected chi connectivity index (χ2v) is 9.20. The second-order valence-electron chi connectivity index (χ2n) is 9.20. The number of methoxy groups -OCH3 is 1. The first-order valence-electron chi connectivity index (χ1n) is 12.7. The van der Waals surface area contributed by atoms with Crippen LogP contribution >= 0.6 is 0 Å². The molecule has 1 aliphatic rings. The maximum Gasteiger partial charge on any atom is 0.118 e. The molecule has 0 aromatic heterocycles. The number of likely N-dealkylation sites (tertiary alicyclic amines) is 1. The van der Waals surface area contributed by atoms with E-state index in [2.05, 4.69) is 108 Å². The van der Waals surface area contributed by atoms with Crippen LogP contribution in [0.1, 0.15) is 48.9 Å². The molecule has 4 rings (SSSR count). The summed E-state index contributed by atoms with van der Waals surface area (Å²) in [7, 11) is 1.73. The molecular weight excluding hydrogens is 416 g/mol. The summed E-state index contributed by atoms with van der Waals surface area (Å²) in [6.07, 6.45) is 6.46. The highest BCUT2D eigenvalue weighted by Crippen LogP contribution is 2.26. The number of hydrogen-bond acceptors (Lipinski definition) is 3. The van der Waals surface area contributed by atoms with Crippen LogP contribution in [0.15, 0.2) is 91.0 Å². The molecule has 3 aromatic rings. The number of rotatable bonds is 10. The van der Waals surface area contributed by atoms with Crippen LogP contribution in [0, 0.1) is 0 Å². The summed E-state index contributed by atoms with van der Waals surface area (Å²) in [6, 6.07) is 30.4. The Morgan fingerprint density at radius 3 is 2.00 bits per heavy atom. The molecule has 0 aliphatic carbocycles. The van der Waals surface area contributed by atoms with Crippen molar-refractivity contribution in [2.45, 2.75) is 32.2 Å². The molecule has 1 unspecified atom stereocenters. The maximum absolute atomic E-state index is 5.38. The Labute approximate surface area is 205 Å². The van der Waals surface area contributed by atoms with Crippen molar-refractivity contribution in [2.24, 2.45) is 0 Å². The van der Waals surface area contributed by atoms with Crippen LogP contribution in [0.4, 0.5) is 0 Å². The van der Waals surface area contributed by atoms with Gasteiger partial charge in [0.1, 0.15) is 5.75 Å². The van der Waals surface area contributed by atoms with Crippen LogP contribution in [0.25, 0.3) is 5.57 Å². The summed E-state index contributed by atoms with van der Waals surface area (Å²) in [4.78, 5) is 5.25. The molecule has 1 aliphatic heterocycles. The molecule has 0 amide bonds. The van der Waals surface area contributed by atoms with Crippen molar-refractivity contribution >= 4 is 5.57 Å². The molecule has 1 fully saturated rings. The zero-order chi connectivity index (χ0) is 23.6. The molecule has 1 atom stereocenters. The number of piperidine rings is 1. The Morgan fingerprint density at radius 2 is 1.44 bits per heavy atom. The number of hydrogen-bond donors (Lipinski definition) is 0. The summed E-state index contributed by atoms with van der Waals surface area (Å²) in [5.41, 5.74) is 5.16. The number of nitrogens with zero attached hydrogens (tertiary/aromatic N) is 2. The molecule has 0 radical (unpaired) electrons. The Kier molecular flexibility index (Phi) is 8.95. The number of benzene rings is 3. The normalized spacial score (nSPS) is 15.1. The van der Waals surface area contributed by atoms with E-state index in [1.807, 2.05) is 0 Å². The van der Waals surface area contributed by atoms with Crippen LogP contribution in [0.3, 0.4) is 0 Å². The van der Waals surface area contributed by atoms with Gasteiger partial charge in [-0.15, -0.1) is 0 Å². The Bertz CT molecular complexity index is 967. The molecule has 3 heteroatoms. The lowest BCUT2D eigenvalue weighted by molar-refractivity contribution is 0.165. The summed E-state index contributed by atoms with van der Waals surface area (Å²) < 4.78 is 5.38. The van der Waals surface area contributed by atoms with Gasteiger partial charge in [0.2, 0.25) is 0 Å². The van der Waals surface area contributed by atoms with Gasteiger partial charge < -0.3 is 9.64 Å². The van der Waals surface area contributed by atoms with Gasteiger partial charge in [-0.2, -0.15) is 0 Å². The fourth-order valence-corrected chi connectivity index (χ4v) is 4.84. The molecule has 0 bridgehead atoms. The molecule has 0 spiro atoms. The summed E-state index contributed by atoms with van der Waals surface area (Å²) >= 11 is 0. The minimum absolute atomic E-state index is 0.319. The average Bonchev–Trinajstić information content (AvgIpc) is 2.92. The summed E-state index contributed by atoms with van der Waals surface area (Å²) in [6.45, 7) is 7.89. The molecule has 3 aromatic carbocycles. The summed E-state index contributed by atoms with van der Waals surface area (Å²) in [5.74, 6) is 0.908. The van der Waals surface area contributed by atoms with Gasteiger partial charge in [0.15, 0.2) is 0 Å². The fraction of sp³-hybridized carbons (Fsp3) is 0.355. The van der Waals surface area contributed by atoms with Gasteiger partial charge in [-0.3, -0.25) is 4.90 Å². The highest BCUT2D eigenvalue weighted by atomic mass is 16.5. The third-order valence-electron chi connectivity index (χ3n) is 7.00. The Balaban J connectivity index is 1.58. The average molecular weight is 455 g/mol. The van der Waals surface area contributed by atoms with E-state index in [9.17, 15) is 0 Å². The number of ether oxygens (including phenoxy) is 1. The fourth-order valence-electron chi connectivity index (χ4n) is 4.84. The van der Waals surface area contributed by atoms with E-state index >= 15 is 0 Å². The first-order valence-corrected chi connectivity index (χ1v) is 12.7. The van der Waals surface area contributed by atoms with Crippen molar-refractivity contribution in [3.8, 4) is 5.75 Å². The smallest absolute Gasteiger partial charge is 0.118 e. The lowest BCUT2D eigenvalue weighted by atomic mass is 9.97. The molecular formula is C31H38N2O. The van der Waals surface area contributed by atoms with Gasteiger partial charge >= 0.3 is 0 Å². The van der Waals surface area contributed by atoms with E-state index < -0.39 is 0 Å². The molecule has 178 valence electrons. The van der Waals surface area contributed by atoms with E-state index in [0.717, 1.165) is 25.4 Å². The molecule has 0 N–H and O–H groups in total. The van der Waals surface area contributed by atoms with Crippen molar-refractivity contribution in [3.63, 3.8) is 0 Å². The van der Waals surface area contributed by atoms with Gasteiger partial charge in [-0.1, -0.05) is 85.3 Å². The van der Waals surface area contributed by atoms with E-state index in [1.54, 1.807) is 7.11 Å². The first-order chi connectivity index (χ1) is 16.7. The Morgan fingerprint density at radius 1 is 0.853 bits per heavy atom. The standard InChI is InChI=1S/C31H38N2O/c1-26(27-16-18-30(34-2)19-17-27)33(25-24-32-21-10-5-11-22-32)23-20-31(28-12-6-3-7-13-28)29-14-8-4-9-15-29/h3-4,6-9,12-20,26H,5,10-11,21-25H2,1-2H3. The monoisotopic (exact) mass is 454 g/mol. The van der Waals surface area contributed by atoms with Crippen molar-refractivity contribution in [1.82, 2.24) is 9.80 Å². The molecule has 3 nitrogen and oxygen atoms in total. The second kappa shape index (κ2) is 12.5. The van der Waals surface area contributed by atoms with Gasteiger partial charge in [0.05, 0.1) is 7.11 Å². The third-order valence-corrected chi connectivity index (χ3v) is 7.00. The zero-order valence-electron chi connectivity index (χ0n) is 20.7. The third kappa shape index (κ3) is 6.59. The Hall–Kier alpha value is -2.88. The van der Waals surface area contributed by atoms with Crippen LogP contribution in [0.5, 0.6) is 5.75 Å². The molecule has 34 heavy (non-hydrogen) atoms. The van der Waals surface area contributed by atoms with Gasteiger partial charge in [-0.05, 0) is 67.3 Å². The van der Waals surface area contributed by atoms with Crippen LogP contribution in [-0.4, -0.2) is 49.6 Å².